The van der Waals surface area contributed by atoms with Crippen LogP contribution in [0.5, 0.6) is 0 Å². The molecule has 0 aliphatic heterocycles. The molecular weight excluding hydrogens is 331 g/mol. The van der Waals surface area contributed by atoms with E-state index in [-0.39, 0.29) is 30.4 Å². The van der Waals surface area contributed by atoms with E-state index >= 15 is 0 Å². The zero-order chi connectivity index (χ0) is 18.9. The molecule has 2 rings (SSSR count). The second-order valence-corrected chi connectivity index (χ2v) is 6.41. The smallest absolute Gasteiger partial charge is 0.319 e. The van der Waals surface area contributed by atoms with Gasteiger partial charge in [0.1, 0.15) is 5.82 Å². The van der Waals surface area contributed by atoms with E-state index in [0.717, 1.165) is 17.5 Å². The summed E-state index contributed by atoms with van der Waals surface area (Å²) in [6.07, 6.45) is 0.746. The Morgan fingerprint density at radius 2 is 1.81 bits per heavy atom. The molecule has 0 aromatic heterocycles. The maximum atomic E-state index is 13.1. The predicted octanol–water partition coefficient (Wildman–Crippen LogP) is 3.19. The van der Waals surface area contributed by atoms with Crippen LogP contribution in [0.2, 0.25) is 0 Å². The standard InChI is InChI=1S/C21H27FN2O2/c1-16(18-7-5-4-6-8-18)24(15-21(25)26-3)14-20(23-2)13-17-9-11-19(22)12-10-17/h4-12,16,20,23H,13-15H2,1-3H3/t16-,20+/m1/s1. The fraction of sp³-hybridized carbons (Fsp3) is 0.381. The fourth-order valence-electron chi connectivity index (χ4n) is 2.98. The largest absolute Gasteiger partial charge is 0.468 e. The van der Waals surface area contributed by atoms with E-state index in [1.165, 1.54) is 19.2 Å². The summed E-state index contributed by atoms with van der Waals surface area (Å²) in [7, 11) is 3.31. The lowest BCUT2D eigenvalue weighted by Gasteiger charge is -2.32. The van der Waals surface area contributed by atoms with Gasteiger partial charge < -0.3 is 10.1 Å². The van der Waals surface area contributed by atoms with Crippen LogP contribution in [-0.2, 0) is 16.0 Å². The second-order valence-electron chi connectivity index (χ2n) is 6.41. The highest BCUT2D eigenvalue weighted by Crippen LogP contribution is 2.20. The number of carbonyl (C=O) groups is 1. The van der Waals surface area contributed by atoms with E-state index in [0.29, 0.717) is 6.54 Å². The topological polar surface area (TPSA) is 41.6 Å². The van der Waals surface area contributed by atoms with Crippen LogP contribution >= 0.6 is 0 Å². The quantitative estimate of drug-likeness (QED) is 0.699. The van der Waals surface area contributed by atoms with Gasteiger partial charge in [-0.15, -0.1) is 0 Å². The first kappa shape index (κ1) is 20.1. The van der Waals surface area contributed by atoms with Crippen molar-refractivity contribution < 1.29 is 13.9 Å². The minimum atomic E-state index is -0.260. The summed E-state index contributed by atoms with van der Waals surface area (Å²) >= 11 is 0. The van der Waals surface area contributed by atoms with Crippen molar-refractivity contribution in [2.45, 2.75) is 25.4 Å². The summed E-state index contributed by atoms with van der Waals surface area (Å²) in [6.45, 7) is 2.97. The summed E-state index contributed by atoms with van der Waals surface area (Å²) in [5.74, 6) is -0.496. The zero-order valence-electron chi connectivity index (χ0n) is 15.6. The molecule has 5 heteroatoms. The number of halogens is 1. The van der Waals surface area contributed by atoms with Crippen molar-refractivity contribution in [1.82, 2.24) is 10.2 Å². The van der Waals surface area contributed by atoms with Gasteiger partial charge in [0.15, 0.2) is 0 Å². The Balaban J connectivity index is 2.12. The number of ether oxygens (including phenoxy) is 1. The molecule has 1 N–H and O–H groups in total. The summed E-state index contributed by atoms with van der Waals surface area (Å²) in [6, 6.07) is 16.8. The van der Waals surface area contributed by atoms with Crippen molar-refractivity contribution in [3.05, 3.63) is 71.5 Å². The van der Waals surface area contributed by atoms with E-state index in [1.54, 1.807) is 12.1 Å². The number of rotatable bonds is 9. The molecule has 0 fully saturated rings. The lowest BCUT2D eigenvalue weighted by Crippen LogP contribution is -2.44. The van der Waals surface area contributed by atoms with E-state index < -0.39 is 0 Å². The highest BCUT2D eigenvalue weighted by atomic mass is 19.1. The molecule has 2 aromatic carbocycles. The molecule has 0 saturated heterocycles. The molecule has 140 valence electrons. The molecule has 0 bridgehead atoms. The van der Waals surface area contributed by atoms with Gasteiger partial charge in [-0.2, -0.15) is 0 Å². The number of likely N-dealkylation sites (N-methyl/N-ethyl adjacent to an activating group) is 1. The normalized spacial score (nSPS) is 13.4. The average molecular weight is 358 g/mol. The highest BCUT2D eigenvalue weighted by molar-refractivity contribution is 5.71. The third-order valence-electron chi connectivity index (χ3n) is 4.65. The fourth-order valence-corrected chi connectivity index (χ4v) is 2.98. The van der Waals surface area contributed by atoms with Crippen molar-refractivity contribution in [3.63, 3.8) is 0 Å². The molecule has 0 amide bonds. The van der Waals surface area contributed by atoms with Gasteiger partial charge in [-0.3, -0.25) is 9.69 Å². The third kappa shape index (κ3) is 5.93. The first-order chi connectivity index (χ1) is 12.5. The number of esters is 1. The average Bonchev–Trinajstić information content (AvgIpc) is 2.68. The van der Waals surface area contributed by atoms with Crippen LogP contribution in [-0.4, -0.2) is 44.2 Å². The number of hydrogen-bond donors (Lipinski definition) is 1. The Hall–Kier alpha value is -2.24. The molecule has 0 heterocycles. The van der Waals surface area contributed by atoms with Gasteiger partial charge in [-0.1, -0.05) is 42.5 Å². The maximum Gasteiger partial charge on any atom is 0.319 e. The first-order valence-corrected chi connectivity index (χ1v) is 8.81. The van der Waals surface area contributed by atoms with Crippen molar-refractivity contribution in [2.24, 2.45) is 0 Å². The molecular formula is C21H27FN2O2. The number of methoxy groups -OCH3 is 1. The maximum absolute atomic E-state index is 13.1. The first-order valence-electron chi connectivity index (χ1n) is 8.81. The Labute approximate surface area is 155 Å². The Morgan fingerprint density at radius 1 is 1.15 bits per heavy atom. The van der Waals surface area contributed by atoms with Gasteiger partial charge in [0, 0.05) is 18.6 Å². The number of nitrogens with one attached hydrogen (secondary N) is 1. The zero-order valence-corrected chi connectivity index (χ0v) is 15.6. The van der Waals surface area contributed by atoms with Crippen LogP contribution in [0.1, 0.15) is 24.1 Å². The lowest BCUT2D eigenvalue weighted by atomic mass is 10.0. The Bertz CT molecular complexity index is 676. The van der Waals surface area contributed by atoms with Gasteiger partial charge in [0.2, 0.25) is 0 Å². The van der Waals surface area contributed by atoms with E-state index in [2.05, 4.69) is 29.3 Å². The highest BCUT2D eigenvalue weighted by Gasteiger charge is 2.22. The van der Waals surface area contributed by atoms with Gasteiger partial charge >= 0.3 is 5.97 Å². The van der Waals surface area contributed by atoms with Gasteiger partial charge in [-0.25, -0.2) is 4.39 Å². The third-order valence-corrected chi connectivity index (χ3v) is 4.65. The van der Waals surface area contributed by atoms with Crippen LogP contribution < -0.4 is 5.32 Å². The van der Waals surface area contributed by atoms with E-state index in [9.17, 15) is 9.18 Å². The van der Waals surface area contributed by atoms with Gasteiger partial charge in [0.25, 0.3) is 0 Å². The molecule has 0 aliphatic rings. The summed E-state index contributed by atoms with van der Waals surface area (Å²) in [5, 5.41) is 3.31. The molecule has 4 nitrogen and oxygen atoms in total. The van der Waals surface area contributed by atoms with Crippen LogP contribution in [0.15, 0.2) is 54.6 Å². The second kappa shape index (κ2) is 10.0. The lowest BCUT2D eigenvalue weighted by molar-refractivity contribution is -0.142. The van der Waals surface area contributed by atoms with Crippen LogP contribution in [0, 0.1) is 5.82 Å². The van der Waals surface area contributed by atoms with Crippen molar-refractivity contribution in [3.8, 4) is 0 Å². The molecule has 2 aromatic rings. The van der Waals surface area contributed by atoms with Crippen molar-refractivity contribution >= 4 is 5.97 Å². The van der Waals surface area contributed by atoms with Gasteiger partial charge in [0.05, 0.1) is 13.7 Å². The number of hydrogen-bond acceptors (Lipinski definition) is 4. The molecule has 0 aliphatic carbocycles. The molecule has 0 spiro atoms. The minimum absolute atomic E-state index is 0.0689. The number of nitrogens with zero attached hydrogens (tertiary/aromatic N) is 1. The summed E-state index contributed by atoms with van der Waals surface area (Å²) in [5.41, 5.74) is 2.20. The molecule has 0 saturated carbocycles. The van der Waals surface area contributed by atoms with Crippen LogP contribution in [0.3, 0.4) is 0 Å². The monoisotopic (exact) mass is 358 g/mol. The number of carbonyl (C=O) groups excluding carboxylic acids is 1. The Morgan fingerprint density at radius 3 is 2.38 bits per heavy atom. The molecule has 2 atom stereocenters. The Kier molecular flexibility index (Phi) is 7.75. The van der Waals surface area contributed by atoms with Crippen molar-refractivity contribution in [2.75, 3.05) is 27.2 Å². The molecule has 0 radical (unpaired) electrons. The molecule has 26 heavy (non-hydrogen) atoms. The minimum Gasteiger partial charge on any atom is -0.468 e. The van der Waals surface area contributed by atoms with Gasteiger partial charge in [-0.05, 0) is 43.7 Å². The van der Waals surface area contributed by atoms with Crippen LogP contribution in [0.4, 0.5) is 4.39 Å². The van der Waals surface area contributed by atoms with E-state index in [1.807, 2.05) is 25.2 Å². The summed E-state index contributed by atoms with van der Waals surface area (Å²) < 4.78 is 18.0. The van der Waals surface area contributed by atoms with Crippen molar-refractivity contribution in [1.29, 1.82) is 0 Å². The van der Waals surface area contributed by atoms with Crippen LogP contribution in [0.25, 0.3) is 0 Å². The number of benzene rings is 2. The van der Waals surface area contributed by atoms with E-state index in [4.69, 9.17) is 4.74 Å². The molecule has 0 unspecified atom stereocenters. The summed E-state index contributed by atoms with van der Waals surface area (Å²) in [4.78, 5) is 14.0. The predicted molar refractivity (Wildman–Crippen MR) is 101 cm³/mol. The SMILES string of the molecule is CN[C@@H](Cc1ccc(F)cc1)CN(CC(=O)OC)[C@H](C)c1ccccc1.